The van der Waals surface area contributed by atoms with Gasteiger partial charge in [0.15, 0.2) is 0 Å². The van der Waals surface area contributed by atoms with Crippen LogP contribution in [0.5, 0.6) is 11.6 Å². The first-order chi connectivity index (χ1) is 12.8. The van der Waals surface area contributed by atoms with Crippen LogP contribution in [-0.4, -0.2) is 21.6 Å². The summed E-state index contributed by atoms with van der Waals surface area (Å²) < 4.78 is 9.05. The van der Waals surface area contributed by atoms with Crippen molar-refractivity contribution in [3.63, 3.8) is 0 Å². The van der Waals surface area contributed by atoms with Gasteiger partial charge in [-0.1, -0.05) is 0 Å². The Hall–Kier alpha value is -2.81. The molecule has 1 aromatic heterocycles. The Balaban J connectivity index is 1.94. The predicted octanol–water partition coefficient (Wildman–Crippen LogP) is 3.44. The van der Waals surface area contributed by atoms with E-state index in [1.165, 1.54) is 0 Å². The molecule has 0 fully saturated rings. The standard InChI is InChI=1S/C22H17NO2Se/c1-25-19-14-12-17(13-15-19)22-23(18-10-6-3-7-11-18)21(24)20(26-22)16-8-4-2-5-9-16/h2-15H,1H3. The van der Waals surface area contributed by atoms with Crippen molar-refractivity contribution in [2.24, 2.45) is 0 Å². The molecule has 4 rings (SSSR count). The molecular formula is C22H17NO2Se. The van der Waals surface area contributed by atoms with Gasteiger partial charge in [-0.3, -0.25) is 0 Å². The van der Waals surface area contributed by atoms with Crippen LogP contribution in [0.3, 0.4) is 0 Å². The molecular weight excluding hydrogens is 389 g/mol. The van der Waals surface area contributed by atoms with Crippen LogP contribution in [-0.2, 0) is 0 Å². The van der Waals surface area contributed by atoms with Gasteiger partial charge in [0.05, 0.1) is 0 Å². The van der Waals surface area contributed by atoms with Crippen molar-refractivity contribution in [2.45, 2.75) is 0 Å². The number of aromatic nitrogens is 1. The Morgan fingerprint density at radius 1 is 0.769 bits per heavy atom. The predicted molar refractivity (Wildman–Crippen MR) is 102 cm³/mol. The van der Waals surface area contributed by atoms with Gasteiger partial charge in [0.1, 0.15) is 0 Å². The number of para-hydroxylation sites is 1. The zero-order valence-corrected chi connectivity index (χ0v) is 16.0. The van der Waals surface area contributed by atoms with Gasteiger partial charge in [-0.15, -0.1) is 0 Å². The van der Waals surface area contributed by atoms with E-state index in [0.29, 0.717) is 0 Å². The Kier molecular flexibility index (Phi) is 4.61. The van der Waals surface area contributed by atoms with Gasteiger partial charge in [-0.25, -0.2) is 0 Å². The second-order valence-electron chi connectivity index (χ2n) is 5.81. The maximum atomic E-state index is 13.3. The average molecular weight is 406 g/mol. The normalized spacial score (nSPS) is 10.7. The molecule has 0 aliphatic heterocycles. The molecule has 26 heavy (non-hydrogen) atoms. The first-order valence-electron chi connectivity index (χ1n) is 8.29. The third kappa shape index (κ3) is 3.05. The zero-order chi connectivity index (χ0) is 17.9. The third-order valence-electron chi connectivity index (χ3n) is 4.19. The SMILES string of the molecule is COc1ccc(-c2[se]c(-c3ccccc3)c([O-])[n+]2-c2ccccc2)cc1. The molecule has 0 bridgehead atoms. The summed E-state index contributed by atoms with van der Waals surface area (Å²) in [5.41, 5.74) is 2.95. The summed E-state index contributed by atoms with van der Waals surface area (Å²) in [6, 6.07) is 27.7. The van der Waals surface area contributed by atoms with E-state index in [0.717, 1.165) is 31.6 Å². The zero-order valence-electron chi connectivity index (χ0n) is 14.3. The quantitative estimate of drug-likeness (QED) is 0.385. The molecule has 0 aliphatic carbocycles. The van der Waals surface area contributed by atoms with Crippen molar-refractivity contribution >= 4 is 14.5 Å². The number of hydrogen-bond acceptors (Lipinski definition) is 2. The van der Waals surface area contributed by atoms with Crippen LogP contribution in [0.25, 0.3) is 25.8 Å². The van der Waals surface area contributed by atoms with Crippen molar-refractivity contribution in [3.8, 4) is 37.4 Å². The number of nitrogens with zero attached hydrogens (tertiary/aromatic N) is 1. The van der Waals surface area contributed by atoms with E-state index in [-0.39, 0.29) is 20.4 Å². The van der Waals surface area contributed by atoms with E-state index in [1.54, 1.807) is 7.11 Å². The fraction of sp³-hybridized carbons (Fsp3) is 0.0455. The van der Waals surface area contributed by atoms with Crippen LogP contribution in [0, 0.1) is 0 Å². The van der Waals surface area contributed by atoms with Crippen LogP contribution in [0.2, 0.25) is 0 Å². The Labute approximate surface area is 158 Å². The summed E-state index contributed by atoms with van der Waals surface area (Å²) in [5, 5.41) is 13.3. The Morgan fingerprint density at radius 2 is 1.38 bits per heavy atom. The van der Waals surface area contributed by atoms with E-state index in [2.05, 4.69) is 0 Å². The van der Waals surface area contributed by atoms with Crippen molar-refractivity contribution < 1.29 is 14.4 Å². The molecule has 0 N–H and O–H groups in total. The van der Waals surface area contributed by atoms with E-state index in [9.17, 15) is 5.11 Å². The van der Waals surface area contributed by atoms with Gasteiger partial charge in [0.25, 0.3) is 0 Å². The van der Waals surface area contributed by atoms with Crippen LogP contribution in [0.1, 0.15) is 0 Å². The summed E-state index contributed by atoms with van der Waals surface area (Å²) in [6.07, 6.45) is 0. The van der Waals surface area contributed by atoms with Crippen LogP contribution in [0.4, 0.5) is 0 Å². The van der Waals surface area contributed by atoms with Gasteiger partial charge in [0, 0.05) is 0 Å². The van der Waals surface area contributed by atoms with E-state index >= 15 is 0 Å². The first kappa shape index (κ1) is 16.6. The first-order valence-corrected chi connectivity index (χ1v) is 10.0. The molecule has 1 heterocycles. The summed E-state index contributed by atoms with van der Waals surface area (Å²) in [7, 11) is 1.66. The van der Waals surface area contributed by atoms with Crippen molar-refractivity contribution in [3.05, 3.63) is 84.9 Å². The number of hydrogen-bond donors (Lipinski definition) is 0. The van der Waals surface area contributed by atoms with Crippen molar-refractivity contribution in [1.29, 1.82) is 0 Å². The van der Waals surface area contributed by atoms with Gasteiger partial charge >= 0.3 is 158 Å². The number of rotatable bonds is 4. The summed E-state index contributed by atoms with van der Waals surface area (Å²) in [4.78, 5) is 0. The molecule has 3 nitrogen and oxygen atoms in total. The number of benzene rings is 3. The van der Waals surface area contributed by atoms with Gasteiger partial charge < -0.3 is 0 Å². The molecule has 0 unspecified atom stereocenters. The van der Waals surface area contributed by atoms with Gasteiger partial charge in [-0.2, -0.15) is 0 Å². The fourth-order valence-corrected chi connectivity index (χ4v) is 5.32. The topological polar surface area (TPSA) is 36.2 Å². The number of ether oxygens (including phenoxy) is 1. The molecule has 4 aromatic rings. The average Bonchev–Trinajstić information content (AvgIpc) is 3.06. The second-order valence-corrected chi connectivity index (χ2v) is 7.90. The van der Waals surface area contributed by atoms with Crippen LogP contribution >= 0.6 is 0 Å². The number of methoxy groups -OCH3 is 1. The van der Waals surface area contributed by atoms with Crippen molar-refractivity contribution in [1.82, 2.24) is 0 Å². The van der Waals surface area contributed by atoms with Crippen molar-refractivity contribution in [2.75, 3.05) is 7.11 Å². The van der Waals surface area contributed by atoms with E-state index < -0.39 is 0 Å². The third-order valence-corrected chi connectivity index (χ3v) is 6.76. The molecule has 0 saturated carbocycles. The summed E-state index contributed by atoms with van der Waals surface area (Å²) in [6.45, 7) is 0. The minimum absolute atomic E-state index is 0.0632. The fourth-order valence-electron chi connectivity index (χ4n) is 2.88. The molecule has 128 valence electrons. The molecule has 0 atom stereocenters. The summed E-state index contributed by atoms with van der Waals surface area (Å²) in [5.74, 6) is 0.873. The molecule has 3 aromatic carbocycles. The monoisotopic (exact) mass is 407 g/mol. The van der Waals surface area contributed by atoms with Crippen LogP contribution in [0.15, 0.2) is 84.9 Å². The van der Waals surface area contributed by atoms with E-state index in [4.69, 9.17) is 4.74 Å². The molecule has 0 saturated heterocycles. The second kappa shape index (κ2) is 7.20. The van der Waals surface area contributed by atoms with Gasteiger partial charge in [0.2, 0.25) is 0 Å². The Morgan fingerprint density at radius 3 is 2.00 bits per heavy atom. The molecule has 0 amide bonds. The maximum absolute atomic E-state index is 13.3. The molecule has 4 heteroatoms. The van der Waals surface area contributed by atoms with Gasteiger partial charge in [-0.05, 0) is 0 Å². The van der Waals surface area contributed by atoms with E-state index in [1.807, 2.05) is 89.5 Å². The Bertz CT molecular complexity index is 1010. The summed E-state index contributed by atoms with van der Waals surface area (Å²) >= 11 is -0.0805. The molecule has 0 aliphatic rings. The molecule has 0 spiro atoms. The minimum atomic E-state index is -0.0805. The molecule has 0 radical (unpaired) electrons. The van der Waals surface area contributed by atoms with Crippen LogP contribution < -0.4 is 14.4 Å².